The topological polar surface area (TPSA) is 29.1 Å². The Morgan fingerprint density at radius 3 is 2.75 bits per heavy atom. The van der Waals surface area contributed by atoms with E-state index in [-0.39, 0.29) is 10.6 Å². The van der Waals surface area contributed by atoms with Crippen LogP contribution in [-0.4, -0.2) is 16.8 Å². The van der Waals surface area contributed by atoms with Crippen molar-refractivity contribution in [2.75, 3.05) is 5.33 Å². The van der Waals surface area contributed by atoms with Crippen molar-refractivity contribution in [1.82, 2.24) is 5.32 Å². The molecule has 0 bridgehead atoms. The Hall–Kier alpha value is -0.610. The maximum absolute atomic E-state index is 13.5. The zero-order chi connectivity index (χ0) is 12.3. The average Bonchev–Trinajstić information content (AvgIpc) is 2.21. The van der Waals surface area contributed by atoms with Gasteiger partial charge >= 0.3 is 0 Å². The van der Waals surface area contributed by atoms with E-state index in [0.717, 1.165) is 0 Å². The first-order valence-electron chi connectivity index (χ1n) is 4.70. The number of benzene rings is 1. The highest BCUT2D eigenvalue weighted by atomic mass is 79.9. The number of carbonyl (C=O) groups is 1. The summed E-state index contributed by atoms with van der Waals surface area (Å²) in [7, 11) is 0. The standard InChI is InChI=1S/C11H12BrClFNO/c1-11(2,6-12)15-10(16)7-4-3-5-8(13)9(7)14/h3-5H,6H2,1-2H3,(H,15,16). The van der Waals surface area contributed by atoms with Crippen LogP contribution in [0.2, 0.25) is 5.02 Å². The summed E-state index contributed by atoms with van der Waals surface area (Å²) >= 11 is 8.87. The second-order valence-electron chi connectivity index (χ2n) is 4.07. The first-order valence-corrected chi connectivity index (χ1v) is 6.20. The smallest absolute Gasteiger partial charge is 0.254 e. The molecule has 0 fully saturated rings. The van der Waals surface area contributed by atoms with Gasteiger partial charge in [0.1, 0.15) is 0 Å². The van der Waals surface area contributed by atoms with Crippen LogP contribution in [-0.2, 0) is 0 Å². The third kappa shape index (κ3) is 3.19. The van der Waals surface area contributed by atoms with Crippen LogP contribution in [0.3, 0.4) is 0 Å². The number of amides is 1. The maximum atomic E-state index is 13.5. The van der Waals surface area contributed by atoms with Crippen LogP contribution < -0.4 is 5.32 Å². The first kappa shape index (κ1) is 13.5. The molecule has 1 rings (SSSR count). The zero-order valence-corrected chi connectivity index (χ0v) is 11.3. The van der Waals surface area contributed by atoms with Crippen LogP contribution in [0.4, 0.5) is 4.39 Å². The predicted octanol–water partition coefficient (Wildman–Crippen LogP) is 3.38. The molecule has 16 heavy (non-hydrogen) atoms. The fourth-order valence-electron chi connectivity index (χ4n) is 1.09. The van der Waals surface area contributed by atoms with E-state index in [4.69, 9.17) is 11.6 Å². The van der Waals surface area contributed by atoms with Crippen molar-refractivity contribution < 1.29 is 9.18 Å². The van der Waals surface area contributed by atoms with E-state index in [1.807, 2.05) is 13.8 Å². The molecule has 1 amide bonds. The van der Waals surface area contributed by atoms with Crippen LogP contribution in [0.15, 0.2) is 18.2 Å². The Bertz CT molecular complexity index is 409. The molecular formula is C11H12BrClFNO. The summed E-state index contributed by atoms with van der Waals surface area (Å²) in [6.45, 7) is 3.67. The summed E-state index contributed by atoms with van der Waals surface area (Å²) in [6, 6.07) is 4.35. The first-order chi connectivity index (χ1) is 7.37. The molecule has 1 aromatic rings. The van der Waals surface area contributed by atoms with Gasteiger partial charge in [0.25, 0.3) is 5.91 Å². The third-order valence-corrected chi connectivity index (χ3v) is 3.68. The molecule has 0 aromatic heterocycles. The monoisotopic (exact) mass is 307 g/mol. The van der Waals surface area contributed by atoms with Gasteiger partial charge in [-0.15, -0.1) is 0 Å². The van der Waals surface area contributed by atoms with Crippen molar-refractivity contribution in [3.63, 3.8) is 0 Å². The van der Waals surface area contributed by atoms with Crippen molar-refractivity contribution in [1.29, 1.82) is 0 Å². The van der Waals surface area contributed by atoms with Crippen molar-refractivity contribution >= 4 is 33.4 Å². The molecule has 0 aliphatic heterocycles. The van der Waals surface area contributed by atoms with Gasteiger partial charge in [0.2, 0.25) is 0 Å². The van der Waals surface area contributed by atoms with Crippen LogP contribution in [0.1, 0.15) is 24.2 Å². The molecule has 0 atom stereocenters. The van der Waals surface area contributed by atoms with E-state index in [9.17, 15) is 9.18 Å². The molecule has 0 aliphatic carbocycles. The van der Waals surface area contributed by atoms with E-state index < -0.39 is 17.3 Å². The van der Waals surface area contributed by atoms with Gasteiger partial charge in [0.05, 0.1) is 10.6 Å². The van der Waals surface area contributed by atoms with E-state index >= 15 is 0 Å². The average molecular weight is 309 g/mol. The molecule has 2 nitrogen and oxygen atoms in total. The Morgan fingerprint density at radius 2 is 2.19 bits per heavy atom. The highest BCUT2D eigenvalue weighted by molar-refractivity contribution is 9.09. The Balaban J connectivity index is 2.94. The lowest BCUT2D eigenvalue weighted by Gasteiger charge is -2.23. The summed E-state index contributed by atoms with van der Waals surface area (Å²) in [5.41, 5.74) is -0.479. The Morgan fingerprint density at radius 1 is 1.56 bits per heavy atom. The summed E-state index contributed by atoms with van der Waals surface area (Å²) in [5, 5.41) is 3.23. The Labute approximate surface area is 107 Å². The SMILES string of the molecule is CC(C)(CBr)NC(=O)c1cccc(Cl)c1F. The van der Waals surface area contributed by atoms with Crippen LogP contribution in [0.5, 0.6) is 0 Å². The van der Waals surface area contributed by atoms with Crippen LogP contribution in [0, 0.1) is 5.82 Å². The molecule has 5 heteroatoms. The summed E-state index contributed by atoms with van der Waals surface area (Å²) < 4.78 is 13.5. The van der Waals surface area contributed by atoms with Crippen LogP contribution in [0.25, 0.3) is 0 Å². The molecule has 88 valence electrons. The predicted molar refractivity (Wildman–Crippen MR) is 66.7 cm³/mol. The summed E-state index contributed by atoms with van der Waals surface area (Å²) in [5.74, 6) is -1.16. The van der Waals surface area contributed by atoms with Gasteiger partial charge in [-0.1, -0.05) is 33.6 Å². The normalized spacial score (nSPS) is 11.3. The number of halogens is 3. The van der Waals surface area contributed by atoms with Gasteiger partial charge in [0.15, 0.2) is 5.82 Å². The van der Waals surface area contributed by atoms with Gasteiger partial charge in [-0.05, 0) is 26.0 Å². The second kappa shape index (κ2) is 5.15. The van der Waals surface area contributed by atoms with Crippen molar-refractivity contribution in [3.05, 3.63) is 34.6 Å². The lowest BCUT2D eigenvalue weighted by atomic mass is 10.1. The van der Waals surface area contributed by atoms with Gasteiger partial charge in [-0.25, -0.2) is 4.39 Å². The van der Waals surface area contributed by atoms with E-state index in [2.05, 4.69) is 21.2 Å². The molecule has 0 aliphatic rings. The quantitative estimate of drug-likeness (QED) is 0.852. The van der Waals surface area contributed by atoms with E-state index in [0.29, 0.717) is 5.33 Å². The highest BCUT2D eigenvalue weighted by Gasteiger charge is 2.22. The highest BCUT2D eigenvalue weighted by Crippen LogP contribution is 2.18. The molecule has 0 saturated heterocycles. The Kier molecular flexibility index (Phi) is 4.33. The minimum absolute atomic E-state index is 0.0403. The minimum Gasteiger partial charge on any atom is -0.346 e. The van der Waals surface area contributed by atoms with Crippen LogP contribution >= 0.6 is 27.5 Å². The number of rotatable bonds is 3. The largest absolute Gasteiger partial charge is 0.346 e. The second-order valence-corrected chi connectivity index (χ2v) is 5.04. The molecular weight excluding hydrogens is 296 g/mol. The number of hydrogen-bond acceptors (Lipinski definition) is 1. The fraction of sp³-hybridized carbons (Fsp3) is 0.364. The zero-order valence-electron chi connectivity index (χ0n) is 8.98. The van der Waals surface area contributed by atoms with E-state index in [1.54, 1.807) is 6.07 Å². The molecule has 0 heterocycles. The molecule has 1 N–H and O–H groups in total. The van der Waals surface area contributed by atoms with Gasteiger partial charge < -0.3 is 5.32 Å². The molecule has 0 unspecified atom stereocenters. The minimum atomic E-state index is -0.688. The number of nitrogens with one attached hydrogen (secondary N) is 1. The third-order valence-electron chi connectivity index (χ3n) is 1.98. The van der Waals surface area contributed by atoms with Gasteiger partial charge in [-0.3, -0.25) is 4.79 Å². The van der Waals surface area contributed by atoms with Crippen molar-refractivity contribution in [2.24, 2.45) is 0 Å². The van der Waals surface area contributed by atoms with Crippen molar-refractivity contribution in [3.8, 4) is 0 Å². The van der Waals surface area contributed by atoms with Gasteiger partial charge in [-0.2, -0.15) is 0 Å². The van der Waals surface area contributed by atoms with Gasteiger partial charge in [0, 0.05) is 10.9 Å². The number of hydrogen-bond donors (Lipinski definition) is 1. The number of alkyl halides is 1. The fourth-order valence-corrected chi connectivity index (χ4v) is 1.40. The summed E-state index contributed by atoms with van der Waals surface area (Å²) in [4.78, 5) is 11.8. The van der Waals surface area contributed by atoms with Crippen molar-refractivity contribution in [2.45, 2.75) is 19.4 Å². The molecule has 0 radical (unpaired) electrons. The lowest BCUT2D eigenvalue weighted by Crippen LogP contribution is -2.45. The molecule has 1 aromatic carbocycles. The lowest BCUT2D eigenvalue weighted by molar-refractivity contribution is 0.0917. The molecule has 0 spiro atoms. The maximum Gasteiger partial charge on any atom is 0.254 e. The van der Waals surface area contributed by atoms with E-state index in [1.165, 1.54) is 12.1 Å². The number of carbonyl (C=O) groups excluding carboxylic acids is 1. The molecule has 0 saturated carbocycles. The summed E-state index contributed by atoms with van der Waals surface area (Å²) in [6.07, 6.45) is 0.